The number of nitrogens with one attached hydrogen (secondary N) is 1. The van der Waals surface area contributed by atoms with Crippen molar-refractivity contribution in [1.82, 2.24) is 10.3 Å². The lowest BCUT2D eigenvalue weighted by atomic mass is 10.1. The van der Waals surface area contributed by atoms with Crippen LogP contribution >= 0.6 is 11.6 Å². The van der Waals surface area contributed by atoms with Gasteiger partial charge in [-0.2, -0.15) is 0 Å². The topological polar surface area (TPSA) is 81.4 Å². The summed E-state index contributed by atoms with van der Waals surface area (Å²) in [6, 6.07) is 16.6. The number of rotatable bonds is 7. The van der Waals surface area contributed by atoms with E-state index in [2.05, 4.69) is 10.3 Å². The number of amides is 1. The zero-order valence-corrected chi connectivity index (χ0v) is 16.0. The van der Waals surface area contributed by atoms with Gasteiger partial charge in [-0.3, -0.25) is 4.79 Å². The summed E-state index contributed by atoms with van der Waals surface area (Å²) >= 11 is 5.83. The monoisotopic (exact) mass is 398 g/mol. The molecule has 28 heavy (non-hydrogen) atoms. The lowest BCUT2D eigenvalue weighted by Gasteiger charge is -2.06. The van der Waals surface area contributed by atoms with Gasteiger partial charge >= 0.3 is 5.97 Å². The van der Waals surface area contributed by atoms with E-state index in [1.54, 1.807) is 19.1 Å². The summed E-state index contributed by atoms with van der Waals surface area (Å²) in [7, 11) is 0. The third kappa shape index (κ3) is 5.20. The van der Waals surface area contributed by atoms with E-state index in [-0.39, 0.29) is 18.2 Å². The first-order valence-electron chi connectivity index (χ1n) is 8.74. The fraction of sp³-hybridized carbons (Fsp3) is 0.190. The molecule has 0 aliphatic carbocycles. The van der Waals surface area contributed by atoms with Crippen LogP contribution in [0.4, 0.5) is 0 Å². The van der Waals surface area contributed by atoms with Crippen LogP contribution in [0.5, 0.6) is 0 Å². The minimum absolute atomic E-state index is 0.0628. The number of benzene rings is 2. The molecular weight excluding hydrogens is 380 g/mol. The van der Waals surface area contributed by atoms with Crippen molar-refractivity contribution in [2.45, 2.75) is 13.3 Å². The molecule has 0 atom stereocenters. The fourth-order valence-electron chi connectivity index (χ4n) is 2.54. The van der Waals surface area contributed by atoms with Gasteiger partial charge in [0.2, 0.25) is 5.89 Å². The zero-order chi connectivity index (χ0) is 19.9. The van der Waals surface area contributed by atoms with Gasteiger partial charge in [-0.25, -0.2) is 9.78 Å². The Morgan fingerprint density at radius 2 is 1.82 bits per heavy atom. The van der Waals surface area contributed by atoms with Crippen LogP contribution < -0.4 is 5.32 Å². The summed E-state index contributed by atoms with van der Waals surface area (Å²) in [5, 5.41) is 3.37. The van der Waals surface area contributed by atoms with Gasteiger partial charge in [-0.1, -0.05) is 41.9 Å². The predicted molar refractivity (Wildman–Crippen MR) is 105 cm³/mol. The molecule has 1 heterocycles. The summed E-state index contributed by atoms with van der Waals surface area (Å²) in [5.41, 5.74) is 1.87. The Morgan fingerprint density at radius 1 is 1.11 bits per heavy atom. The van der Waals surface area contributed by atoms with E-state index in [1.807, 2.05) is 42.5 Å². The first kappa shape index (κ1) is 19.6. The van der Waals surface area contributed by atoms with Gasteiger partial charge in [-0.15, -0.1) is 0 Å². The van der Waals surface area contributed by atoms with Crippen LogP contribution in [0.25, 0.3) is 11.5 Å². The maximum Gasteiger partial charge on any atom is 0.361 e. The molecule has 1 amide bonds. The lowest BCUT2D eigenvalue weighted by Crippen LogP contribution is -2.30. The molecule has 0 fully saturated rings. The SMILES string of the molecule is Cc1oc(-c2ccccc2)nc1C(=O)OCC(=O)NCCc1ccc(Cl)cc1. The normalized spacial score (nSPS) is 10.5. The van der Waals surface area contributed by atoms with Crippen LogP contribution in [0.1, 0.15) is 21.8 Å². The molecule has 1 N–H and O–H groups in total. The average Bonchev–Trinajstić information content (AvgIpc) is 3.10. The third-order valence-corrected chi connectivity index (χ3v) is 4.25. The highest BCUT2D eigenvalue weighted by atomic mass is 35.5. The second-order valence-electron chi connectivity index (χ2n) is 6.09. The molecule has 0 saturated carbocycles. The van der Waals surface area contributed by atoms with Gasteiger partial charge in [0.15, 0.2) is 12.3 Å². The summed E-state index contributed by atoms with van der Waals surface area (Å²) in [6.45, 7) is 1.67. The van der Waals surface area contributed by atoms with Crippen LogP contribution in [-0.2, 0) is 16.0 Å². The van der Waals surface area contributed by atoms with Crippen LogP contribution in [0.2, 0.25) is 5.02 Å². The molecule has 0 bridgehead atoms. The van der Waals surface area contributed by atoms with E-state index < -0.39 is 5.97 Å². The Hall–Kier alpha value is -3.12. The second kappa shape index (κ2) is 9.19. The highest BCUT2D eigenvalue weighted by molar-refractivity contribution is 6.30. The molecule has 3 aromatic rings. The molecule has 0 saturated heterocycles. The van der Waals surface area contributed by atoms with Crippen LogP contribution in [0, 0.1) is 6.92 Å². The van der Waals surface area contributed by atoms with Crippen molar-refractivity contribution >= 4 is 23.5 Å². The van der Waals surface area contributed by atoms with E-state index in [1.165, 1.54) is 0 Å². The number of nitrogens with zero attached hydrogens (tertiary/aromatic N) is 1. The van der Waals surface area contributed by atoms with Crippen molar-refractivity contribution in [3.63, 3.8) is 0 Å². The van der Waals surface area contributed by atoms with Crippen molar-refractivity contribution in [2.24, 2.45) is 0 Å². The lowest BCUT2D eigenvalue weighted by molar-refractivity contribution is -0.124. The largest absolute Gasteiger partial charge is 0.451 e. The highest BCUT2D eigenvalue weighted by Gasteiger charge is 2.20. The molecule has 3 rings (SSSR count). The number of ether oxygens (including phenoxy) is 1. The number of hydrogen-bond donors (Lipinski definition) is 1. The van der Waals surface area contributed by atoms with Crippen LogP contribution in [-0.4, -0.2) is 30.0 Å². The van der Waals surface area contributed by atoms with Gasteiger partial charge in [0, 0.05) is 17.1 Å². The number of aryl methyl sites for hydroxylation is 1. The Balaban J connectivity index is 1.48. The smallest absolute Gasteiger partial charge is 0.361 e. The number of carbonyl (C=O) groups is 2. The molecule has 144 valence electrons. The van der Waals surface area contributed by atoms with Gasteiger partial charge in [0.1, 0.15) is 5.76 Å². The molecule has 0 aliphatic heterocycles. The van der Waals surface area contributed by atoms with Crippen molar-refractivity contribution in [3.05, 3.63) is 76.6 Å². The quantitative estimate of drug-likeness (QED) is 0.612. The number of halogens is 1. The van der Waals surface area contributed by atoms with Crippen molar-refractivity contribution in [1.29, 1.82) is 0 Å². The first-order valence-corrected chi connectivity index (χ1v) is 9.12. The van der Waals surface area contributed by atoms with Crippen molar-refractivity contribution in [2.75, 3.05) is 13.2 Å². The summed E-state index contributed by atoms with van der Waals surface area (Å²) < 4.78 is 10.6. The number of oxazole rings is 1. The molecular formula is C21H19ClN2O4. The van der Waals surface area contributed by atoms with E-state index in [9.17, 15) is 9.59 Å². The average molecular weight is 399 g/mol. The number of esters is 1. The Bertz CT molecular complexity index is 952. The van der Waals surface area contributed by atoms with E-state index >= 15 is 0 Å². The molecule has 6 nitrogen and oxygen atoms in total. The molecule has 0 radical (unpaired) electrons. The molecule has 2 aromatic carbocycles. The zero-order valence-electron chi connectivity index (χ0n) is 15.3. The summed E-state index contributed by atoms with van der Waals surface area (Å²) in [5.74, 6) is -0.410. The number of carbonyl (C=O) groups excluding carboxylic acids is 2. The van der Waals surface area contributed by atoms with Gasteiger partial charge in [-0.05, 0) is 43.2 Å². The Kier molecular flexibility index (Phi) is 6.45. The minimum Gasteiger partial charge on any atom is -0.451 e. The first-order chi connectivity index (χ1) is 13.5. The van der Waals surface area contributed by atoms with Crippen molar-refractivity contribution < 1.29 is 18.7 Å². The fourth-order valence-corrected chi connectivity index (χ4v) is 2.66. The minimum atomic E-state index is -0.698. The standard InChI is InChI=1S/C21H19ClN2O4/c1-14-19(24-20(28-14)16-5-3-2-4-6-16)21(26)27-13-18(25)23-12-11-15-7-9-17(22)10-8-15/h2-10H,11-13H2,1H3,(H,23,25). The second-order valence-corrected chi connectivity index (χ2v) is 6.53. The predicted octanol–water partition coefficient (Wildman–Crippen LogP) is 3.82. The Morgan fingerprint density at radius 3 is 2.54 bits per heavy atom. The van der Waals surface area contributed by atoms with Gasteiger partial charge in [0.05, 0.1) is 0 Å². The number of aromatic nitrogens is 1. The molecule has 0 unspecified atom stereocenters. The third-order valence-electron chi connectivity index (χ3n) is 3.99. The molecule has 0 aliphatic rings. The molecule has 7 heteroatoms. The molecule has 1 aromatic heterocycles. The summed E-state index contributed by atoms with van der Waals surface area (Å²) in [6.07, 6.45) is 0.652. The van der Waals surface area contributed by atoms with E-state index in [0.29, 0.717) is 29.6 Å². The van der Waals surface area contributed by atoms with Crippen LogP contribution in [0.15, 0.2) is 59.0 Å². The van der Waals surface area contributed by atoms with Gasteiger partial charge in [0.25, 0.3) is 5.91 Å². The maximum atomic E-state index is 12.2. The van der Waals surface area contributed by atoms with E-state index in [0.717, 1.165) is 11.1 Å². The van der Waals surface area contributed by atoms with E-state index in [4.69, 9.17) is 20.8 Å². The van der Waals surface area contributed by atoms with Gasteiger partial charge < -0.3 is 14.5 Å². The summed E-state index contributed by atoms with van der Waals surface area (Å²) in [4.78, 5) is 28.3. The van der Waals surface area contributed by atoms with Crippen LogP contribution in [0.3, 0.4) is 0 Å². The molecule has 0 spiro atoms. The maximum absolute atomic E-state index is 12.2. The Labute approximate surface area is 167 Å². The number of hydrogen-bond acceptors (Lipinski definition) is 5. The van der Waals surface area contributed by atoms with Crippen molar-refractivity contribution in [3.8, 4) is 11.5 Å². The highest BCUT2D eigenvalue weighted by Crippen LogP contribution is 2.21.